The number of likely N-dealkylation sites (N-methyl/N-ethyl adjacent to an activating group) is 1. The van der Waals surface area contributed by atoms with Gasteiger partial charge in [0, 0.05) is 31.7 Å². The van der Waals surface area contributed by atoms with Crippen LogP contribution >= 0.6 is 0 Å². The lowest BCUT2D eigenvalue weighted by Gasteiger charge is -2.23. The van der Waals surface area contributed by atoms with E-state index in [2.05, 4.69) is 46.7 Å². The van der Waals surface area contributed by atoms with Crippen molar-refractivity contribution < 1.29 is 0 Å². The van der Waals surface area contributed by atoms with E-state index in [1.165, 1.54) is 43.5 Å². The molecule has 1 aromatic carbocycles. The number of hydrogen-bond acceptors (Lipinski definition) is 3. The lowest BCUT2D eigenvalue weighted by Crippen LogP contribution is -2.35. The largest absolute Gasteiger partial charge is 0.313 e. The lowest BCUT2D eigenvalue weighted by atomic mass is 9.99. The van der Waals surface area contributed by atoms with Crippen LogP contribution in [0.3, 0.4) is 0 Å². The van der Waals surface area contributed by atoms with Crippen molar-refractivity contribution in [2.75, 3.05) is 26.2 Å². The molecule has 1 aliphatic heterocycles. The molecule has 1 aliphatic carbocycles. The number of benzene rings is 1. The summed E-state index contributed by atoms with van der Waals surface area (Å²) in [5.41, 5.74) is 2.95. The van der Waals surface area contributed by atoms with Crippen molar-refractivity contribution in [2.45, 2.75) is 44.8 Å². The maximum absolute atomic E-state index is 3.78. The van der Waals surface area contributed by atoms with Gasteiger partial charge >= 0.3 is 0 Å². The molecular weight excluding hydrogens is 246 g/mol. The van der Waals surface area contributed by atoms with Crippen LogP contribution in [0.5, 0.6) is 0 Å². The first-order chi connectivity index (χ1) is 9.88. The van der Waals surface area contributed by atoms with Gasteiger partial charge in [-0.05, 0) is 43.5 Å². The van der Waals surface area contributed by atoms with Crippen LogP contribution in [0.4, 0.5) is 0 Å². The highest BCUT2D eigenvalue weighted by atomic mass is 15.2. The van der Waals surface area contributed by atoms with Crippen molar-refractivity contribution in [3.05, 3.63) is 35.4 Å². The molecule has 1 saturated carbocycles. The van der Waals surface area contributed by atoms with Crippen LogP contribution < -0.4 is 10.6 Å². The van der Waals surface area contributed by atoms with Gasteiger partial charge in [0.2, 0.25) is 0 Å². The average molecular weight is 273 g/mol. The molecule has 0 aromatic heterocycles. The molecule has 110 valence electrons. The highest BCUT2D eigenvalue weighted by molar-refractivity contribution is 5.30. The fourth-order valence-electron chi connectivity index (χ4n) is 3.29. The third-order valence-electron chi connectivity index (χ3n) is 4.61. The van der Waals surface area contributed by atoms with Crippen molar-refractivity contribution in [1.29, 1.82) is 0 Å². The summed E-state index contributed by atoms with van der Waals surface area (Å²) < 4.78 is 0. The topological polar surface area (TPSA) is 27.3 Å². The summed E-state index contributed by atoms with van der Waals surface area (Å²) in [6, 6.07) is 10.3. The third kappa shape index (κ3) is 3.40. The van der Waals surface area contributed by atoms with Crippen LogP contribution in [-0.2, 0) is 6.54 Å². The van der Waals surface area contributed by atoms with Gasteiger partial charge in [0.05, 0.1) is 0 Å². The second kappa shape index (κ2) is 6.70. The number of nitrogens with zero attached hydrogens (tertiary/aromatic N) is 1. The average Bonchev–Trinajstić information content (AvgIpc) is 3.31. The van der Waals surface area contributed by atoms with E-state index in [4.69, 9.17) is 0 Å². The zero-order valence-electron chi connectivity index (χ0n) is 12.6. The van der Waals surface area contributed by atoms with Crippen LogP contribution in [0, 0.1) is 0 Å². The Morgan fingerprint density at radius 2 is 2.10 bits per heavy atom. The minimum atomic E-state index is 0.513. The zero-order chi connectivity index (χ0) is 13.8. The smallest absolute Gasteiger partial charge is 0.0336 e. The van der Waals surface area contributed by atoms with Gasteiger partial charge < -0.3 is 10.6 Å². The Morgan fingerprint density at radius 3 is 2.90 bits per heavy atom. The second-order valence-electron chi connectivity index (χ2n) is 6.03. The molecule has 0 bridgehead atoms. The standard InChI is InChI=1S/C17H27N3/c1-2-20(15-7-8-15)12-11-19-17-9-10-18-13-14-5-3-4-6-16(14)17/h3-6,15,17-19H,2,7-13H2,1H3. The second-order valence-corrected chi connectivity index (χ2v) is 6.03. The molecule has 1 atom stereocenters. The molecule has 0 radical (unpaired) electrons. The summed E-state index contributed by atoms with van der Waals surface area (Å²) in [5, 5.41) is 7.31. The van der Waals surface area contributed by atoms with Crippen molar-refractivity contribution >= 4 is 0 Å². The van der Waals surface area contributed by atoms with Crippen LogP contribution in [0.1, 0.15) is 43.4 Å². The molecule has 3 rings (SSSR count). The van der Waals surface area contributed by atoms with E-state index in [0.717, 1.165) is 25.7 Å². The Hall–Kier alpha value is -0.900. The van der Waals surface area contributed by atoms with Crippen LogP contribution in [0.15, 0.2) is 24.3 Å². The molecule has 1 fully saturated rings. The Balaban J connectivity index is 1.56. The molecule has 1 unspecified atom stereocenters. The van der Waals surface area contributed by atoms with Crippen LogP contribution in [0.25, 0.3) is 0 Å². The number of hydrogen-bond donors (Lipinski definition) is 2. The molecule has 0 amide bonds. The fraction of sp³-hybridized carbons (Fsp3) is 0.647. The van der Waals surface area contributed by atoms with E-state index in [1.54, 1.807) is 0 Å². The van der Waals surface area contributed by atoms with E-state index in [9.17, 15) is 0 Å². The summed E-state index contributed by atoms with van der Waals surface area (Å²) in [5.74, 6) is 0. The first-order valence-corrected chi connectivity index (χ1v) is 8.14. The van der Waals surface area contributed by atoms with Crippen LogP contribution in [-0.4, -0.2) is 37.1 Å². The number of fused-ring (bicyclic) bond motifs is 1. The maximum Gasteiger partial charge on any atom is 0.0336 e. The van der Waals surface area contributed by atoms with Crippen LogP contribution in [0.2, 0.25) is 0 Å². The highest BCUT2D eigenvalue weighted by Crippen LogP contribution is 2.26. The molecule has 1 heterocycles. The first kappa shape index (κ1) is 14.1. The van der Waals surface area contributed by atoms with E-state index < -0.39 is 0 Å². The molecule has 0 spiro atoms. The van der Waals surface area contributed by atoms with E-state index in [0.29, 0.717) is 6.04 Å². The monoisotopic (exact) mass is 273 g/mol. The van der Waals surface area contributed by atoms with Crippen molar-refractivity contribution in [1.82, 2.24) is 15.5 Å². The summed E-state index contributed by atoms with van der Waals surface area (Å²) in [7, 11) is 0. The molecule has 20 heavy (non-hydrogen) atoms. The van der Waals surface area contributed by atoms with Crippen molar-refractivity contribution in [3.8, 4) is 0 Å². The van der Waals surface area contributed by atoms with Gasteiger partial charge in [-0.2, -0.15) is 0 Å². The molecule has 1 aromatic rings. The zero-order valence-corrected chi connectivity index (χ0v) is 12.6. The Labute approximate surface area is 122 Å². The predicted molar refractivity (Wildman–Crippen MR) is 83.8 cm³/mol. The van der Waals surface area contributed by atoms with Crippen molar-refractivity contribution in [2.24, 2.45) is 0 Å². The summed E-state index contributed by atoms with van der Waals surface area (Å²) in [6.07, 6.45) is 4.00. The Kier molecular flexibility index (Phi) is 4.71. The van der Waals surface area contributed by atoms with Gasteiger partial charge in [-0.25, -0.2) is 0 Å². The normalized spacial score (nSPS) is 22.6. The minimum Gasteiger partial charge on any atom is -0.313 e. The SMILES string of the molecule is CCN(CCNC1CCNCc2ccccc21)C1CC1. The van der Waals surface area contributed by atoms with E-state index in [1.807, 2.05) is 0 Å². The molecule has 3 heteroatoms. The summed E-state index contributed by atoms with van der Waals surface area (Å²) >= 11 is 0. The molecule has 3 nitrogen and oxygen atoms in total. The maximum atomic E-state index is 3.78. The molecule has 2 N–H and O–H groups in total. The van der Waals surface area contributed by atoms with Gasteiger partial charge in [-0.1, -0.05) is 31.2 Å². The fourth-order valence-corrected chi connectivity index (χ4v) is 3.29. The Morgan fingerprint density at radius 1 is 1.25 bits per heavy atom. The van der Waals surface area contributed by atoms with Gasteiger partial charge in [0.25, 0.3) is 0 Å². The predicted octanol–water partition coefficient (Wildman–Crippen LogP) is 2.29. The highest BCUT2D eigenvalue weighted by Gasteiger charge is 2.27. The van der Waals surface area contributed by atoms with Gasteiger partial charge in [-0.15, -0.1) is 0 Å². The summed E-state index contributed by atoms with van der Waals surface area (Å²) in [6.45, 7) is 7.87. The quantitative estimate of drug-likeness (QED) is 0.833. The Bertz CT molecular complexity index is 428. The van der Waals surface area contributed by atoms with Gasteiger partial charge in [-0.3, -0.25) is 4.90 Å². The van der Waals surface area contributed by atoms with Crippen molar-refractivity contribution in [3.63, 3.8) is 0 Å². The molecular formula is C17H27N3. The minimum absolute atomic E-state index is 0.513. The lowest BCUT2D eigenvalue weighted by molar-refractivity contribution is 0.271. The first-order valence-electron chi connectivity index (χ1n) is 8.14. The third-order valence-corrected chi connectivity index (χ3v) is 4.61. The molecule has 2 aliphatic rings. The van der Waals surface area contributed by atoms with Gasteiger partial charge in [0.1, 0.15) is 0 Å². The summed E-state index contributed by atoms with van der Waals surface area (Å²) in [4.78, 5) is 2.62. The number of rotatable bonds is 6. The van der Waals surface area contributed by atoms with E-state index in [-0.39, 0.29) is 0 Å². The molecule has 0 saturated heterocycles. The van der Waals surface area contributed by atoms with E-state index >= 15 is 0 Å². The van der Waals surface area contributed by atoms with Gasteiger partial charge in [0.15, 0.2) is 0 Å². The number of nitrogens with one attached hydrogen (secondary N) is 2.